The third-order valence-electron chi connectivity index (χ3n) is 4.63. The Morgan fingerprint density at radius 1 is 1.07 bits per heavy atom. The molecule has 4 nitrogen and oxygen atoms in total. The van der Waals surface area contributed by atoms with Crippen molar-refractivity contribution in [3.05, 3.63) is 75.2 Å². The summed E-state index contributed by atoms with van der Waals surface area (Å²) in [7, 11) is 0. The highest BCUT2D eigenvalue weighted by molar-refractivity contribution is 6.31. The molecule has 0 saturated heterocycles. The summed E-state index contributed by atoms with van der Waals surface area (Å²) in [4.78, 5) is 15.8. The second-order valence-corrected chi connectivity index (χ2v) is 7.11. The first-order valence-corrected chi connectivity index (χ1v) is 9.33. The second-order valence-electron chi connectivity index (χ2n) is 6.67. The van der Waals surface area contributed by atoms with E-state index < -0.39 is 0 Å². The van der Waals surface area contributed by atoms with E-state index in [-0.39, 0.29) is 5.56 Å². The van der Waals surface area contributed by atoms with E-state index >= 15 is 0 Å². The maximum Gasteiger partial charge on any atom is 0.260 e. The van der Waals surface area contributed by atoms with Crippen LogP contribution in [0.1, 0.15) is 24.6 Å². The molecule has 136 valence electrons. The van der Waals surface area contributed by atoms with E-state index in [1.165, 1.54) is 5.56 Å². The number of halogens is 1. The monoisotopic (exact) mass is 378 g/mol. The van der Waals surface area contributed by atoms with Gasteiger partial charge in [0, 0.05) is 27.6 Å². The fraction of sp³-hybridized carbons (Fsp3) is 0.182. The molecule has 4 aromatic rings. The van der Waals surface area contributed by atoms with Crippen LogP contribution in [0.4, 0.5) is 0 Å². The van der Waals surface area contributed by atoms with Crippen molar-refractivity contribution >= 4 is 22.5 Å². The molecule has 27 heavy (non-hydrogen) atoms. The van der Waals surface area contributed by atoms with E-state index in [9.17, 15) is 4.79 Å². The van der Waals surface area contributed by atoms with E-state index in [2.05, 4.69) is 29.2 Å². The minimum Gasteiger partial charge on any atom is -0.356 e. The summed E-state index contributed by atoms with van der Waals surface area (Å²) in [5.41, 5.74) is 4.72. The van der Waals surface area contributed by atoms with Gasteiger partial charge in [-0.05, 0) is 42.7 Å². The zero-order valence-corrected chi connectivity index (χ0v) is 15.9. The minimum absolute atomic E-state index is 0.214. The van der Waals surface area contributed by atoms with E-state index in [1.807, 2.05) is 31.2 Å². The van der Waals surface area contributed by atoms with Crippen molar-refractivity contribution < 1.29 is 4.52 Å². The lowest BCUT2D eigenvalue weighted by Crippen LogP contribution is -2.11. The van der Waals surface area contributed by atoms with Crippen LogP contribution in [0.15, 0.2) is 57.8 Å². The van der Waals surface area contributed by atoms with Gasteiger partial charge < -0.3 is 9.51 Å². The number of aryl methyl sites for hydroxylation is 2. The van der Waals surface area contributed by atoms with Gasteiger partial charge in [-0.15, -0.1) is 0 Å². The smallest absolute Gasteiger partial charge is 0.260 e. The van der Waals surface area contributed by atoms with Gasteiger partial charge in [-0.2, -0.15) is 0 Å². The maximum atomic E-state index is 12.9. The van der Waals surface area contributed by atoms with Gasteiger partial charge in [0.1, 0.15) is 0 Å². The SMILES string of the molecule is CCCc1ccc(-c2c(-c3cc(C)no3)c(=O)[nH]c3ccc(Cl)cc23)cc1. The predicted octanol–water partition coefficient (Wildman–Crippen LogP) is 5.76. The third kappa shape index (κ3) is 3.28. The Balaban J connectivity index is 2.05. The lowest BCUT2D eigenvalue weighted by Gasteiger charge is -2.12. The molecular weight excluding hydrogens is 360 g/mol. The van der Waals surface area contributed by atoms with Crippen LogP contribution in [-0.4, -0.2) is 10.1 Å². The highest BCUT2D eigenvalue weighted by Gasteiger charge is 2.19. The Kier molecular flexibility index (Phi) is 4.58. The summed E-state index contributed by atoms with van der Waals surface area (Å²) >= 11 is 6.26. The van der Waals surface area contributed by atoms with Gasteiger partial charge >= 0.3 is 0 Å². The van der Waals surface area contributed by atoms with Crippen LogP contribution in [0.3, 0.4) is 0 Å². The Morgan fingerprint density at radius 3 is 2.52 bits per heavy atom. The average Bonchev–Trinajstić information content (AvgIpc) is 3.08. The first-order valence-electron chi connectivity index (χ1n) is 8.95. The third-order valence-corrected chi connectivity index (χ3v) is 4.87. The topological polar surface area (TPSA) is 58.9 Å². The van der Waals surface area contributed by atoms with Crippen molar-refractivity contribution in [1.29, 1.82) is 0 Å². The van der Waals surface area contributed by atoms with E-state index in [1.54, 1.807) is 12.1 Å². The maximum absolute atomic E-state index is 12.9. The number of aromatic nitrogens is 2. The van der Waals surface area contributed by atoms with E-state index in [0.717, 1.165) is 40.6 Å². The van der Waals surface area contributed by atoms with Crippen LogP contribution in [0, 0.1) is 6.92 Å². The quantitative estimate of drug-likeness (QED) is 0.490. The molecule has 5 heteroatoms. The first-order chi connectivity index (χ1) is 13.1. The molecule has 0 atom stereocenters. The second kappa shape index (κ2) is 7.05. The minimum atomic E-state index is -0.214. The molecule has 2 heterocycles. The standard InChI is InChI=1S/C22H19ClN2O2/c1-3-4-14-5-7-15(8-6-14)20-17-12-16(23)9-10-18(17)24-22(26)21(20)19-11-13(2)25-27-19/h5-12H,3-4H2,1-2H3,(H,24,26). The molecule has 0 fully saturated rings. The highest BCUT2D eigenvalue weighted by atomic mass is 35.5. The molecule has 0 amide bonds. The molecular formula is C22H19ClN2O2. The fourth-order valence-corrected chi connectivity index (χ4v) is 3.58. The zero-order valence-electron chi connectivity index (χ0n) is 15.2. The van der Waals surface area contributed by atoms with Crippen molar-refractivity contribution in [3.63, 3.8) is 0 Å². The van der Waals surface area contributed by atoms with Crippen LogP contribution < -0.4 is 5.56 Å². The van der Waals surface area contributed by atoms with Crippen molar-refractivity contribution in [3.8, 4) is 22.5 Å². The van der Waals surface area contributed by atoms with Crippen LogP contribution >= 0.6 is 11.6 Å². The largest absolute Gasteiger partial charge is 0.356 e. The lowest BCUT2D eigenvalue weighted by molar-refractivity contribution is 0.427. The van der Waals surface area contributed by atoms with Crippen LogP contribution in [-0.2, 0) is 6.42 Å². The number of pyridine rings is 1. The summed E-state index contributed by atoms with van der Waals surface area (Å²) in [6.45, 7) is 3.99. The van der Waals surface area contributed by atoms with Crippen LogP contribution in [0.25, 0.3) is 33.4 Å². The van der Waals surface area contributed by atoms with Gasteiger partial charge in [-0.25, -0.2) is 0 Å². The molecule has 2 aromatic carbocycles. The Bertz CT molecular complexity index is 1170. The molecule has 4 rings (SSSR count). The lowest BCUT2D eigenvalue weighted by atomic mass is 9.94. The molecule has 0 aliphatic heterocycles. The number of hydrogen-bond acceptors (Lipinski definition) is 3. The molecule has 0 spiro atoms. The van der Waals surface area contributed by atoms with Crippen molar-refractivity contribution in [2.45, 2.75) is 26.7 Å². The van der Waals surface area contributed by atoms with Gasteiger partial charge in [-0.3, -0.25) is 4.79 Å². The number of benzene rings is 2. The fourth-order valence-electron chi connectivity index (χ4n) is 3.41. The number of nitrogens with one attached hydrogen (secondary N) is 1. The summed E-state index contributed by atoms with van der Waals surface area (Å²) < 4.78 is 5.43. The molecule has 2 aromatic heterocycles. The Morgan fingerprint density at radius 2 is 1.85 bits per heavy atom. The van der Waals surface area contributed by atoms with E-state index in [0.29, 0.717) is 16.3 Å². The normalized spacial score (nSPS) is 11.2. The summed E-state index contributed by atoms with van der Waals surface area (Å²) in [6, 6.07) is 15.5. The Labute approximate surface area is 161 Å². The first kappa shape index (κ1) is 17.6. The number of H-pyrrole nitrogens is 1. The summed E-state index contributed by atoms with van der Waals surface area (Å²) in [5, 5.41) is 5.43. The molecule has 0 unspecified atom stereocenters. The van der Waals surface area contributed by atoms with E-state index in [4.69, 9.17) is 16.1 Å². The van der Waals surface area contributed by atoms with Gasteiger partial charge in [-0.1, -0.05) is 54.4 Å². The number of fused-ring (bicyclic) bond motifs is 1. The molecule has 0 saturated carbocycles. The molecule has 0 radical (unpaired) electrons. The Hall–Kier alpha value is -2.85. The van der Waals surface area contributed by atoms with Gasteiger partial charge in [0.25, 0.3) is 5.56 Å². The zero-order chi connectivity index (χ0) is 19.0. The average molecular weight is 379 g/mol. The van der Waals surface area contributed by atoms with Crippen LogP contribution in [0.5, 0.6) is 0 Å². The van der Waals surface area contributed by atoms with Gasteiger partial charge in [0.2, 0.25) is 0 Å². The highest BCUT2D eigenvalue weighted by Crippen LogP contribution is 2.36. The van der Waals surface area contributed by atoms with Crippen molar-refractivity contribution in [2.75, 3.05) is 0 Å². The number of hydrogen-bond donors (Lipinski definition) is 1. The van der Waals surface area contributed by atoms with Gasteiger partial charge in [0.05, 0.1) is 11.3 Å². The molecule has 0 aliphatic carbocycles. The van der Waals surface area contributed by atoms with Crippen LogP contribution in [0.2, 0.25) is 5.02 Å². The number of aromatic amines is 1. The number of rotatable bonds is 4. The molecule has 0 aliphatic rings. The predicted molar refractivity (Wildman–Crippen MR) is 109 cm³/mol. The summed E-state index contributed by atoms with van der Waals surface area (Å²) in [5.74, 6) is 0.447. The van der Waals surface area contributed by atoms with Crippen molar-refractivity contribution in [2.24, 2.45) is 0 Å². The molecule has 1 N–H and O–H groups in total. The summed E-state index contributed by atoms with van der Waals surface area (Å²) in [6.07, 6.45) is 2.11. The molecule has 0 bridgehead atoms. The van der Waals surface area contributed by atoms with Crippen molar-refractivity contribution in [1.82, 2.24) is 10.1 Å². The number of nitrogens with zero attached hydrogens (tertiary/aromatic N) is 1. The van der Waals surface area contributed by atoms with Gasteiger partial charge in [0.15, 0.2) is 5.76 Å².